The Morgan fingerprint density at radius 2 is 2.33 bits per heavy atom. The van der Waals surface area contributed by atoms with Crippen molar-refractivity contribution >= 4 is 27.3 Å². The van der Waals surface area contributed by atoms with Gasteiger partial charge >= 0.3 is 0 Å². The molecule has 0 aromatic carbocycles. The molecule has 0 bridgehead atoms. The fraction of sp³-hybridized carbons (Fsp3) is 0.385. The fourth-order valence-corrected chi connectivity index (χ4v) is 3.66. The van der Waals surface area contributed by atoms with Crippen molar-refractivity contribution in [1.29, 1.82) is 0 Å². The Balaban J connectivity index is 1.92. The van der Waals surface area contributed by atoms with E-state index in [0.717, 1.165) is 40.3 Å². The minimum atomic E-state index is 0.600. The molecule has 1 aliphatic rings. The van der Waals surface area contributed by atoms with Gasteiger partial charge in [-0.25, -0.2) is 9.97 Å². The molecule has 1 aliphatic carbocycles. The highest BCUT2D eigenvalue weighted by molar-refractivity contribution is 9.11. The topological polar surface area (TPSA) is 51.8 Å². The average Bonchev–Trinajstić information content (AvgIpc) is 2.84. The van der Waals surface area contributed by atoms with Crippen LogP contribution in [0.4, 0.5) is 0 Å². The zero-order valence-corrected chi connectivity index (χ0v) is 12.3. The maximum Gasteiger partial charge on any atom is 0.169 e. The molecule has 0 aliphatic heterocycles. The molecule has 0 radical (unpaired) electrons. The third kappa shape index (κ3) is 2.35. The molecule has 5 heteroatoms. The predicted molar refractivity (Wildman–Crippen MR) is 77.6 cm³/mol. The van der Waals surface area contributed by atoms with Crippen LogP contribution in [0, 0.1) is 5.92 Å². The summed E-state index contributed by atoms with van der Waals surface area (Å²) in [5.41, 5.74) is 8.22. The quantitative estimate of drug-likeness (QED) is 0.924. The van der Waals surface area contributed by atoms with Gasteiger partial charge in [-0.05, 0) is 65.4 Å². The summed E-state index contributed by atoms with van der Waals surface area (Å²) in [5, 5.41) is 0. The van der Waals surface area contributed by atoms with E-state index in [1.54, 1.807) is 11.3 Å². The van der Waals surface area contributed by atoms with Gasteiger partial charge in [0, 0.05) is 11.9 Å². The van der Waals surface area contributed by atoms with Crippen LogP contribution in [0.2, 0.25) is 0 Å². The van der Waals surface area contributed by atoms with E-state index in [1.807, 2.05) is 12.3 Å². The number of nitrogens with two attached hydrogens (primary N) is 1. The van der Waals surface area contributed by atoms with Crippen molar-refractivity contribution in [3.8, 4) is 10.7 Å². The van der Waals surface area contributed by atoms with E-state index < -0.39 is 0 Å². The van der Waals surface area contributed by atoms with Crippen LogP contribution in [0.15, 0.2) is 22.1 Å². The van der Waals surface area contributed by atoms with Crippen LogP contribution in [0.25, 0.3) is 10.7 Å². The summed E-state index contributed by atoms with van der Waals surface area (Å²) in [6.45, 7) is 0.763. The number of hydrogen-bond donors (Lipinski definition) is 1. The lowest BCUT2D eigenvalue weighted by atomic mass is 9.87. The molecular formula is C13H14BrN3S. The van der Waals surface area contributed by atoms with Crippen molar-refractivity contribution in [2.24, 2.45) is 11.7 Å². The Bertz CT molecular complexity index is 567. The molecule has 2 aromatic heterocycles. The smallest absolute Gasteiger partial charge is 0.169 e. The molecule has 3 rings (SSSR count). The lowest BCUT2D eigenvalue weighted by molar-refractivity contribution is 0.462. The normalized spacial score (nSPS) is 18.7. The van der Waals surface area contributed by atoms with Gasteiger partial charge in [-0.2, -0.15) is 0 Å². The SMILES string of the molecule is NCC1CCc2nc(-c3ccc(Br)s3)ncc2C1. The van der Waals surface area contributed by atoms with E-state index in [1.165, 1.54) is 11.3 Å². The van der Waals surface area contributed by atoms with Crippen LogP contribution >= 0.6 is 27.3 Å². The number of halogens is 1. The number of aromatic nitrogens is 2. The van der Waals surface area contributed by atoms with Gasteiger partial charge in [0.05, 0.1) is 8.66 Å². The molecule has 18 heavy (non-hydrogen) atoms. The molecule has 0 saturated carbocycles. The molecule has 0 fully saturated rings. The maximum atomic E-state index is 5.74. The summed E-state index contributed by atoms with van der Waals surface area (Å²) in [7, 11) is 0. The van der Waals surface area contributed by atoms with Gasteiger partial charge in [-0.1, -0.05) is 0 Å². The summed E-state index contributed by atoms with van der Waals surface area (Å²) in [6, 6.07) is 4.09. The first-order chi connectivity index (χ1) is 8.76. The van der Waals surface area contributed by atoms with E-state index in [9.17, 15) is 0 Å². The van der Waals surface area contributed by atoms with Gasteiger partial charge in [0.25, 0.3) is 0 Å². The Morgan fingerprint density at radius 3 is 3.06 bits per heavy atom. The number of hydrogen-bond acceptors (Lipinski definition) is 4. The van der Waals surface area contributed by atoms with Crippen molar-refractivity contribution in [3.05, 3.63) is 33.4 Å². The number of thiophene rings is 1. The molecule has 2 aromatic rings. The molecule has 0 spiro atoms. The number of rotatable bonds is 2. The molecule has 0 saturated heterocycles. The molecular weight excluding hydrogens is 310 g/mol. The van der Waals surface area contributed by atoms with Crippen molar-refractivity contribution in [1.82, 2.24) is 9.97 Å². The van der Waals surface area contributed by atoms with Crippen molar-refractivity contribution in [3.63, 3.8) is 0 Å². The highest BCUT2D eigenvalue weighted by Gasteiger charge is 2.19. The summed E-state index contributed by atoms with van der Waals surface area (Å²) in [6.07, 6.45) is 5.18. The molecule has 0 amide bonds. The molecule has 94 valence electrons. The molecule has 1 atom stereocenters. The summed E-state index contributed by atoms with van der Waals surface area (Å²) in [5.74, 6) is 1.44. The minimum absolute atomic E-state index is 0.600. The van der Waals surface area contributed by atoms with Crippen LogP contribution in [-0.4, -0.2) is 16.5 Å². The predicted octanol–water partition coefficient (Wildman–Crippen LogP) is 3.03. The highest BCUT2D eigenvalue weighted by atomic mass is 79.9. The Labute approximate surface area is 119 Å². The average molecular weight is 324 g/mol. The standard InChI is InChI=1S/C13H14BrN3S/c14-12-4-3-11(18-12)13-16-7-9-5-8(6-15)1-2-10(9)17-13/h3-4,7-8H,1-2,5-6,15H2. The zero-order chi connectivity index (χ0) is 12.5. The summed E-state index contributed by atoms with van der Waals surface area (Å²) < 4.78 is 1.11. The Kier molecular flexibility index (Phi) is 3.46. The maximum absolute atomic E-state index is 5.74. The summed E-state index contributed by atoms with van der Waals surface area (Å²) >= 11 is 5.14. The monoisotopic (exact) mass is 323 g/mol. The van der Waals surface area contributed by atoms with Gasteiger partial charge in [-0.15, -0.1) is 11.3 Å². The van der Waals surface area contributed by atoms with E-state index in [-0.39, 0.29) is 0 Å². The number of nitrogens with zero attached hydrogens (tertiary/aromatic N) is 2. The van der Waals surface area contributed by atoms with Gasteiger partial charge < -0.3 is 5.73 Å². The van der Waals surface area contributed by atoms with Gasteiger partial charge in [0.1, 0.15) is 0 Å². The first-order valence-corrected chi connectivity index (χ1v) is 7.68. The minimum Gasteiger partial charge on any atom is -0.330 e. The Morgan fingerprint density at radius 1 is 1.44 bits per heavy atom. The molecule has 1 unspecified atom stereocenters. The highest BCUT2D eigenvalue weighted by Crippen LogP contribution is 2.31. The largest absolute Gasteiger partial charge is 0.330 e. The van der Waals surface area contributed by atoms with Gasteiger partial charge in [0.15, 0.2) is 5.82 Å². The first-order valence-electron chi connectivity index (χ1n) is 6.07. The number of fused-ring (bicyclic) bond motifs is 1. The Hall–Kier alpha value is -0.780. The molecule has 2 N–H and O–H groups in total. The van der Waals surface area contributed by atoms with E-state index >= 15 is 0 Å². The van der Waals surface area contributed by atoms with E-state index in [4.69, 9.17) is 10.7 Å². The van der Waals surface area contributed by atoms with E-state index in [0.29, 0.717) is 5.92 Å². The third-order valence-electron chi connectivity index (χ3n) is 3.38. The van der Waals surface area contributed by atoms with Crippen LogP contribution in [-0.2, 0) is 12.8 Å². The van der Waals surface area contributed by atoms with Crippen molar-refractivity contribution in [2.75, 3.05) is 6.54 Å². The van der Waals surface area contributed by atoms with E-state index in [2.05, 4.69) is 27.0 Å². The first kappa shape index (κ1) is 12.3. The second-order valence-electron chi connectivity index (χ2n) is 4.61. The second-order valence-corrected chi connectivity index (χ2v) is 7.08. The van der Waals surface area contributed by atoms with Crippen LogP contribution < -0.4 is 5.73 Å². The second kappa shape index (κ2) is 5.07. The molecule has 3 nitrogen and oxygen atoms in total. The zero-order valence-electron chi connectivity index (χ0n) is 9.90. The number of aryl methyl sites for hydroxylation is 1. The summed E-state index contributed by atoms with van der Waals surface area (Å²) in [4.78, 5) is 10.3. The van der Waals surface area contributed by atoms with Gasteiger partial charge in [0.2, 0.25) is 0 Å². The van der Waals surface area contributed by atoms with Crippen molar-refractivity contribution in [2.45, 2.75) is 19.3 Å². The molecule has 2 heterocycles. The van der Waals surface area contributed by atoms with Crippen molar-refractivity contribution < 1.29 is 0 Å². The lowest BCUT2D eigenvalue weighted by Crippen LogP contribution is -2.23. The van der Waals surface area contributed by atoms with Gasteiger partial charge in [-0.3, -0.25) is 0 Å². The third-order valence-corrected chi connectivity index (χ3v) is 5.00. The fourth-order valence-electron chi connectivity index (χ4n) is 2.34. The lowest BCUT2D eigenvalue weighted by Gasteiger charge is -2.22. The van der Waals surface area contributed by atoms with Crippen LogP contribution in [0.1, 0.15) is 17.7 Å². The van der Waals surface area contributed by atoms with Crippen LogP contribution in [0.3, 0.4) is 0 Å². The van der Waals surface area contributed by atoms with Crippen LogP contribution in [0.5, 0.6) is 0 Å².